The Bertz CT molecular complexity index is 897. The maximum absolute atomic E-state index is 14.0. The van der Waals surface area contributed by atoms with Crippen molar-refractivity contribution in [1.29, 1.82) is 0 Å². The second-order valence-corrected chi connectivity index (χ2v) is 11.7. The predicted octanol–water partition coefficient (Wildman–Crippen LogP) is 1.81. The number of carbonyl (C=O) groups is 3. The molecule has 10 atom stereocenters. The van der Waals surface area contributed by atoms with E-state index in [1.165, 1.54) is 21.1 Å². The molecule has 0 amide bonds. The molecule has 1 aliphatic carbocycles. The van der Waals surface area contributed by atoms with E-state index in [1.807, 2.05) is 27.7 Å². The first kappa shape index (κ1) is 26.3. The van der Waals surface area contributed by atoms with Gasteiger partial charge in [-0.3, -0.25) is 9.59 Å². The molecule has 0 aromatic carbocycles. The molecule has 2 bridgehead atoms. The minimum Gasteiger partial charge on any atom is -0.469 e. The lowest BCUT2D eigenvalue weighted by Gasteiger charge is -2.57. The molecule has 3 heterocycles. The average molecular weight is 499 g/mol. The Kier molecular flexibility index (Phi) is 6.31. The van der Waals surface area contributed by atoms with Gasteiger partial charge in [0.25, 0.3) is 0 Å². The molecule has 10 heteroatoms. The number of aliphatic hydroxyl groups is 1. The molecule has 0 aromatic rings. The van der Waals surface area contributed by atoms with Crippen LogP contribution in [0.3, 0.4) is 0 Å². The van der Waals surface area contributed by atoms with Crippen LogP contribution < -0.4 is 0 Å². The van der Waals surface area contributed by atoms with Gasteiger partial charge in [-0.05, 0) is 18.3 Å². The molecule has 0 aromatic heterocycles. The fraction of sp³-hybridized carbons (Fsp3) is 0.880. The standard InChI is InChI=1S/C25H38O10/c1-12(18(27)31-8)14-9-10-23(6)24-16(22(3,4)5)15(33-13(2)26)11-32-20(29)25(14,23)35-21(24)34-19(28)17(24)30-7/h12,14-17,19,21,28H,9-11H2,1-8H3/t12?,14-,15+,16+,17+,19-,21?,23?,24?,25?/m1/s1. The van der Waals surface area contributed by atoms with Crippen molar-refractivity contribution in [2.24, 2.45) is 34.0 Å². The van der Waals surface area contributed by atoms with E-state index in [-0.39, 0.29) is 6.61 Å². The van der Waals surface area contributed by atoms with E-state index >= 15 is 0 Å². The van der Waals surface area contributed by atoms with Gasteiger partial charge in [-0.2, -0.15) is 0 Å². The summed E-state index contributed by atoms with van der Waals surface area (Å²) >= 11 is 0. The molecule has 3 aliphatic heterocycles. The molecule has 1 saturated carbocycles. The van der Waals surface area contributed by atoms with Gasteiger partial charge in [0.1, 0.15) is 18.8 Å². The molecule has 10 nitrogen and oxygen atoms in total. The van der Waals surface area contributed by atoms with E-state index in [1.54, 1.807) is 6.92 Å². The second kappa shape index (κ2) is 8.39. The lowest BCUT2D eigenvalue weighted by molar-refractivity contribution is -0.248. The first-order valence-electron chi connectivity index (χ1n) is 12.2. The molecular formula is C25H38O10. The molecular weight excluding hydrogens is 460 g/mol. The van der Waals surface area contributed by atoms with E-state index in [4.69, 9.17) is 28.4 Å². The third-order valence-corrected chi connectivity index (χ3v) is 9.18. The lowest BCUT2D eigenvalue weighted by atomic mass is 9.46. The van der Waals surface area contributed by atoms with Crippen molar-refractivity contribution in [1.82, 2.24) is 0 Å². The van der Waals surface area contributed by atoms with E-state index in [9.17, 15) is 19.5 Å². The summed E-state index contributed by atoms with van der Waals surface area (Å²) in [4.78, 5) is 38.8. The molecule has 198 valence electrons. The number of cyclic esters (lactones) is 1. The van der Waals surface area contributed by atoms with Gasteiger partial charge >= 0.3 is 17.9 Å². The minimum absolute atomic E-state index is 0.193. The van der Waals surface area contributed by atoms with Crippen molar-refractivity contribution >= 4 is 17.9 Å². The highest BCUT2D eigenvalue weighted by molar-refractivity contribution is 5.85. The molecule has 0 radical (unpaired) electrons. The van der Waals surface area contributed by atoms with Gasteiger partial charge in [-0.1, -0.05) is 34.6 Å². The zero-order valence-corrected chi connectivity index (χ0v) is 21.8. The van der Waals surface area contributed by atoms with Gasteiger partial charge < -0.3 is 33.5 Å². The average Bonchev–Trinajstić information content (AvgIpc) is 3.29. The molecule has 1 N–H and O–H groups in total. The van der Waals surface area contributed by atoms with E-state index in [2.05, 4.69) is 0 Å². The van der Waals surface area contributed by atoms with Crippen LogP contribution in [0, 0.1) is 34.0 Å². The van der Waals surface area contributed by atoms with Gasteiger partial charge in [0.2, 0.25) is 0 Å². The summed E-state index contributed by atoms with van der Waals surface area (Å²) in [6.07, 6.45) is -3.15. The summed E-state index contributed by atoms with van der Waals surface area (Å²) in [5.74, 6) is -3.32. The van der Waals surface area contributed by atoms with Crippen LogP contribution in [0.5, 0.6) is 0 Å². The van der Waals surface area contributed by atoms with E-state index in [0.29, 0.717) is 12.8 Å². The van der Waals surface area contributed by atoms with Crippen LogP contribution in [-0.2, 0) is 42.8 Å². The molecule has 1 spiro atoms. The van der Waals surface area contributed by atoms with Crippen LogP contribution in [0.1, 0.15) is 54.4 Å². The van der Waals surface area contributed by atoms with Gasteiger partial charge in [-0.25, -0.2) is 4.79 Å². The maximum atomic E-state index is 14.0. The predicted molar refractivity (Wildman–Crippen MR) is 119 cm³/mol. The van der Waals surface area contributed by atoms with E-state index < -0.39 is 82.3 Å². The van der Waals surface area contributed by atoms with Crippen LogP contribution in [-0.4, -0.2) is 74.2 Å². The van der Waals surface area contributed by atoms with Gasteiger partial charge in [0.05, 0.1) is 18.4 Å². The van der Waals surface area contributed by atoms with Crippen molar-refractivity contribution in [3.05, 3.63) is 0 Å². The molecule has 4 rings (SSSR count). The van der Waals surface area contributed by atoms with Gasteiger partial charge in [-0.15, -0.1) is 0 Å². The number of hydrogen-bond acceptors (Lipinski definition) is 10. The first-order chi connectivity index (χ1) is 16.2. The van der Waals surface area contributed by atoms with Crippen LogP contribution in [0.4, 0.5) is 0 Å². The largest absolute Gasteiger partial charge is 0.469 e. The Hall–Kier alpha value is -1.75. The fourth-order valence-electron chi connectivity index (χ4n) is 8.16. The highest BCUT2D eigenvalue weighted by Gasteiger charge is 2.87. The Labute approximate surface area is 205 Å². The van der Waals surface area contributed by atoms with Gasteiger partial charge in [0.15, 0.2) is 18.2 Å². The second-order valence-electron chi connectivity index (χ2n) is 11.7. The van der Waals surface area contributed by atoms with Crippen LogP contribution in [0.2, 0.25) is 0 Å². The topological polar surface area (TPSA) is 127 Å². The molecule has 5 unspecified atom stereocenters. The van der Waals surface area contributed by atoms with Crippen LogP contribution >= 0.6 is 0 Å². The highest BCUT2D eigenvalue weighted by Crippen LogP contribution is 2.77. The summed E-state index contributed by atoms with van der Waals surface area (Å²) in [6, 6.07) is 0. The van der Waals surface area contributed by atoms with Crippen molar-refractivity contribution in [2.75, 3.05) is 20.8 Å². The number of aliphatic hydroxyl groups excluding tert-OH is 1. The van der Waals surface area contributed by atoms with Crippen LogP contribution in [0.25, 0.3) is 0 Å². The Balaban J connectivity index is 2.02. The minimum atomic E-state index is -1.55. The monoisotopic (exact) mass is 498 g/mol. The zero-order valence-electron chi connectivity index (χ0n) is 21.8. The van der Waals surface area contributed by atoms with Crippen molar-refractivity contribution in [2.45, 2.75) is 84.8 Å². The Morgan fingerprint density at radius 3 is 2.43 bits per heavy atom. The molecule has 4 fully saturated rings. The SMILES string of the molecule is COC(=O)C(C)[C@H]1CCC2(C)C13OC1O[C@@H](O)[C@H](OC)C12[C@H](C(C)(C)C)[C@@H](OC(C)=O)COC3=O. The van der Waals surface area contributed by atoms with Crippen molar-refractivity contribution in [3.8, 4) is 0 Å². The lowest BCUT2D eigenvalue weighted by Crippen LogP contribution is -2.68. The number of carbonyl (C=O) groups excluding carboxylic acids is 3. The first-order valence-corrected chi connectivity index (χ1v) is 12.2. The highest BCUT2D eigenvalue weighted by atomic mass is 16.8. The summed E-state index contributed by atoms with van der Waals surface area (Å²) in [5, 5.41) is 11.0. The summed E-state index contributed by atoms with van der Waals surface area (Å²) in [5.41, 5.74) is -4.18. The number of hydrogen-bond donors (Lipinski definition) is 1. The smallest absolute Gasteiger partial charge is 0.339 e. The molecule has 35 heavy (non-hydrogen) atoms. The third-order valence-electron chi connectivity index (χ3n) is 9.18. The summed E-state index contributed by atoms with van der Waals surface area (Å²) < 4.78 is 35.1. The fourth-order valence-corrected chi connectivity index (χ4v) is 8.16. The van der Waals surface area contributed by atoms with Gasteiger partial charge in [0, 0.05) is 31.3 Å². The third kappa shape index (κ3) is 3.19. The molecule has 3 saturated heterocycles. The summed E-state index contributed by atoms with van der Waals surface area (Å²) in [7, 11) is 2.80. The number of esters is 3. The maximum Gasteiger partial charge on any atom is 0.339 e. The number of methoxy groups -OCH3 is 2. The summed E-state index contributed by atoms with van der Waals surface area (Å²) in [6.45, 7) is 10.8. The van der Waals surface area contributed by atoms with Crippen molar-refractivity contribution < 1.29 is 47.9 Å². The van der Waals surface area contributed by atoms with Crippen molar-refractivity contribution in [3.63, 3.8) is 0 Å². The zero-order chi connectivity index (χ0) is 26.1. The quantitative estimate of drug-likeness (QED) is 0.453. The number of ether oxygens (including phenoxy) is 6. The molecule has 4 aliphatic rings. The Morgan fingerprint density at radius 1 is 1.23 bits per heavy atom. The Morgan fingerprint density at radius 2 is 1.89 bits per heavy atom. The van der Waals surface area contributed by atoms with Crippen LogP contribution in [0.15, 0.2) is 0 Å². The normalized spacial score (nSPS) is 45.6. The number of rotatable bonds is 4. The van der Waals surface area contributed by atoms with E-state index in [0.717, 1.165) is 0 Å².